The summed E-state index contributed by atoms with van der Waals surface area (Å²) in [4.78, 5) is 2.57. The van der Waals surface area contributed by atoms with Crippen LogP contribution in [0.4, 0.5) is 17.1 Å². The summed E-state index contributed by atoms with van der Waals surface area (Å²) < 4.78 is 0. The van der Waals surface area contributed by atoms with Gasteiger partial charge in [-0.05, 0) is 148 Å². The minimum atomic E-state index is -0.153. The highest BCUT2D eigenvalue weighted by molar-refractivity contribution is 5.95. The summed E-state index contributed by atoms with van der Waals surface area (Å²) >= 11 is 0. The van der Waals surface area contributed by atoms with E-state index in [1.165, 1.54) is 131 Å². The van der Waals surface area contributed by atoms with E-state index in [2.05, 4.69) is 158 Å². The largest absolute Gasteiger partial charge is 0.310 e. The van der Waals surface area contributed by atoms with E-state index in [4.69, 9.17) is 0 Å². The lowest BCUT2D eigenvalue weighted by Gasteiger charge is -2.42. The molecule has 4 fully saturated rings. The van der Waals surface area contributed by atoms with Gasteiger partial charge in [0, 0.05) is 22.4 Å². The van der Waals surface area contributed by atoms with Gasteiger partial charge in [-0.1, -0.05) is 143 Å². The van der Waals surface area contributed by atoms with Crippen molar-refractivity contribution in [3.05, 3.63) is 162 Å². The molecule has 0 aromatic heterocycles. The van der Waals surface area contributed by atoms with Crippen LogP contribution in [0.5, 0.6) is 0 Å². The number of hydrogen-bond donors (Lipinski definition) is 0. The van der Waals surface area contributed by atoms with Crippen LogP contribution in [0, 0.1) is 11.8 Å². The highest BCUT2D eigenvalue weighted by Gasteiger charge is 2.38. The van der Waals surface area contributed by atoms with Gasteiger partial charge in [-0.2, -0.15) is 0 Å². The molecule has 0 spiro atoms. The summed E-state index contributed by atoms with van der Waals surface area (Å²) in [5.74, 6) is 3.19. The molecule has 6 aromatic carbocycles. The van der Waals surface area contributed by atoms with Crippen LogP contribution < -0.4 is 4.90 Å². The zero-order chi connectivity index (χ0) is 36.2. The molecule has 0 saturated heterocycles. The van der Waals surface area contributed by atoms with Gasteiger partial charge in [0.1, 0.15) is 0 Å². The van der Waals surface area contributed by atoms with Crippen LogP contribution in [0.25, 0.3) is 33.4 Å². The Balaban J connectivity index is 1.13. The molecule has 270 valence electrons. The topological polar surface area (TPSA) is 3.24 Å². The average Bonchev–Trinajstić information content (AvgIpc) is 3.47. The second kappa shape index (κ2) is 13.8. The van der Waals surface area contributed by atoms with Crippen LogP contribution in [-0.4, -0.2) is 0 Å². The summed E-state index contributed by atoms with van der Waals surface area (Å²) in [7, 11) is 0. The zero-order valence-electron chi connectivity index (χ0n) is 32.1. The molecule has 11 rings (SSSR count). The summed E-state index contributed by atoms with van der Waals surface area (Å²) in [6.07, 6.45) is 13.8. The normalized spacial score (nSPS) is 21.4. The van der Waals surface area contributed by atoms with Crippen LogP contribution in [0.2, 0.25) is 0 Å². The molecule has 2 bridgehead atoms. The van der Waals surface area contributed by atoms with Crippen molar-refractivity contribution in [3.8, 4) is 33.4 Å². The maximum absolute atomic E-state index is 2.57. The molecule has 6 aromatic rings. The second-order valence-corrected chi connectivity index (χ2v) is 17.5. The Morgan fingerprint density at radius 2 is 1.09 bits per heavy atom. The predicted molar refractivity (Wildman–Crippen MR) is 228 cm³/mol. The molecule has 1 atom stereocenters. The first kappa shape index (κ1) is 33.7. The number of nitrogens with zero attached hydrogens (tertiary/aromatic N) is 1. The summed E-state index contributed by atoms with van der Waals surface area (Å²) in [6.45, 7) is 4.85. The van der Waals surface area contributed by atoms with Gasteiger partial charge in [-0.25, -0.2) is 0 Å². The predicted octanol–water partition coefficient (Wildman–Crippen LogP) is 15.1. The summed E-state index contributed by atoms with van der Waals surface area (Å²) in [5.41, 5.74) is 17.2. The lowest BCUT2D eigenvalue weighted by molar-refractivity contribution is 0.145. The van der Waals surface area contributed by atoms with E-state index in [0.717, 1.165) is 17.8 Å². The van der Waals surface area contributed by atoms with Crippen LogP contribution in [0.3, 0.4) is 0 Å². The standard InChI is InChI=1S/C53H53N/c1-53(2)50-33-43(38-14-8-4-9-15-38)26-31-46(50)49-34-48(40-16-10-5-11-17-40)52(35-51(49)53)54(44-27-22-39(23-28-44)37-12-6-3-7-13-37)45-29-24-42(25-30-45)47-32-36-18-20-41(47)21-19-36/h4-5,8-11,14-17,22-31,33-37,41,47H,3,6-7,12-13,18-21,32H2,1-2H3. The smallest absolute Gasteiger partial charge is 0.0543 e. The van der Waals surface area contributed by atoms with Crippen molar-refractivity contribution in [3.63, 3.8) is 0 Å². The molecule has 0 N–H and O–H groups in total. The van der Waals surface area contributed by atoms with Crippen molar-refractivity contribution in [2.24, 2.45) is 11.8 Å². The van der Waals surface area contributed by atoms with Gasteiger partial charge in [0.15, 0.2) is 0 Å². The highest BCUT2D eigenvalue weighted by Crippen LogP contribution is 2.55. The fraction of sp³-hybridized carbons (Fsp3) is 0.321. The SMILES string of the molecule is CC1(C)c2cc(-c3ccccc3)ccc2-c2cc(-c3ccccc3)c(N(c3ccc(C4CCCCC4)cc3)c3ccc(C4CC5CCC4CC5)cc3)cc21. The second-order valence-electron chi connectivity index (χ2n) is 17.5. The molecule has 0 amide bonds. The van der Waals surface area contributed by atoms with Crippen molar-refractivity contribution >= 4 is 17.1 Å². The van der Waals surface area contributed by atoms with Gasteiger partial charge < -0.3 is 4.90 Å². The van der Waals surface area contributed by atoms with E-state index < -0.39 is 0 Å². The van der Waals surface area contributed by atoms with Crippen molar-refractivity contribution < 1.29 is 0 Å². The molecule has 0 radical (unpaired) electrons. The molecule has 5 aliphatic carbocycles. The van der Waals surface area contributed by atoms with E-state index >= 15 is 0 Å². The molecule has 5 aliphatic rings. The average molecular weight is 704 g/mol. The van der Waals surface area contributed by atoms with Gasteiger partial charge in [0.05, 0.1) is 5.69 Å². The lowest BCUT2D eigenvalue weighted by Crippen LogP contribution is -2.29. The highest BCUT2D eigenvalue weighted by atomic mass is 15.1. The molecule has 54 heavy (non-hydrogen) atoms. The van der Waals surface area contributed by atoms with Crippen LogP contribution in [0.1, 0.15) is 112 Å². The maximum atomic E-state index is 2.57. The molecular formula is C53H53N. The Hall–Kier alpha value is -4.88. The third-order valence-corrected chi connectivity index (χ3v) is 14.1. The Morgan fingerprint density at radius 3 is 1.72 bits per heavy atom. The third kappa shape index (κ3) is 5.92. The lowest BCUT2D eigenvalue weighted by atomic mass is 9.63. The molecule has 4 saturated carbocycles. The van der Waals surface area contributed by atoms with Crippen molar-refractivity contribution in [1.29, 1.82) is 0 Å². The fourth-order valence-corrected chi connectivity index (χ4v) is 11.0. The molecular weight excluding hydrogens is 651 g/mol. The monoisotopic (exact) mass is 703 g/mol. The van der Waals surface area contributed by atoms with Crippen LogP contribution in [-0.2, 0) is 5.41 Å². The van der Waals surface area contributed by atoms with Gasteiger partial charge in [0.2, 0.25) is 0 Å². The Kier molecular flexibility index (Phi) is 8.58. The Bertz CT molecular complexity index is 2250. The number of hydrogen-bond acceptors (Lipinski definition) is 1. The minimum Gasteiger partial charge on any atom is -0.310 e. The van der Waals surface area contributed by atoms with Gasteiger partial charge in [0.25, 0.3) is 0 Å². The Labute approximate surface area is 323 Å². The third-order valence-electron chi connectivity index (χ3n) is 14.1. The molecule has 1 heteroatoms. The van der Waals surface area contributed by atoms with Gasteiger partial charge in [-0.15, -0.1) is 0 Å². The first-order valence-electron chi connectivity index (χ1n) is 21.0. The van der Waals surface area contributed by atoms with Crippen molar-refractivity contribution in [2.75, 3.05) is 4.90 Å². The Morgan fingerprint density at radius 1 is 0.481 bits per heavy atom. The van der Waals surface area contributed by atoms with Crippen LogP contribution >= 0.6 is 0 Å². The first-order chi connectivity index (χ1) is 26.5. The maximum Gasteiger partial charge on any atom is 0.0543 e. The quantitative estimate of drug-likeness (QED) is 0.160. The summed E-state index contributed by atoms with van der Waals surface area (Å²) in [6, 6.07) is 53.6. The van der Waals surface area contributed by atoms with E-state index in [-0.39, 0.29) is 5.41 Å². The number of fused-ring (bicyclic) bond motifs is 6. The number of rotatable bonds is 7. The van der Waals surface area contributed by atoms with E-state index in [1.807, 2.05) is 0 Å². The molecule has 1 nitrogen and oxygen atoms in total. The van der Waals surface area contributed by atoms with E-state index in [0.29, 0.717) is 5.92 Å². The number of anilines is 3. The van der Waals surface area contributed by atoms with Gasteiger partial charge in [-0.3, -0.25) is 0 Å². The summed E-state index contributed by atoms with van der Waals surface area (Å²) in [5, 5.41) is 0. The van der Waals surface area contributed by atoms with E-state index in [9.17, 15) is 0 Å². The van der Waals surface area contributed by atoms with Gasteiger partial charge >= 0.3 is 0 Å². The zero-order valence-corrected chi connectivity index (χ0v) is 32.1. The van der Waals surface area contributed by atoms with Crippen molar-refractivity contribution in [1.82, 2.24) is 0 Å². The molecule has 0 heterocycles. The van der Waals surface area contributed by atoms with Crippen LogP contribution in [0.15, 0.2) is 140 Å². The van der Waals surface area contributed by atoms with Crippen molar-refractivity contribution in [2.45, 2.75) is 95.3 Å². The minimum absolute atomic E-state index is 0.153. The first-order valence-corrected chi connectivity index (χ1v) is 21.0. The van der Waals surface area contributed by atoms with E-state index in [1.54, 1.807) is 5.56 Å². The fourth-order valence-electron chi connectivity index (χ4n) is 11.0. The number of benzene rings is 6. The molecule has 1 unspecified atom stereocenters. The molecule has 0 aliphatic heterocycles.